The summed E-state index contributed by atoms with van der Waals surface area (Å²) in [5.74, 6) is -0.0792. The zero-order valence-electron chi connectivity index (χ0n) is 19.6. The van der Waals surface area contributed by atoms with Gasteiger partial charge < -0.3 is 9.47 Å². The van der Waals surface area contributed by atoms with E-state index in [1.165, 1.54) is 7.11 Å². The molecule has 6 heteroatoms. The number of ether oxygens (including phenoxy) is 2. The Balaban J connectivity index is 1.35. The molecule has 2 aliphatic rings. The van der Waals surface area contributed by atoms with Gasteiger partial charge in [0.25, 0.3) is 0 Å². The van der Waals surface area contributed by atoms with Gasteiger partial charge >= 0.3 is 5.97 Å². The van der Waals surface area contributed by atoms with Gasteiger partial charge in [-0.05, 0) is 23.1 Å². The lowest BCUT2D eigenvalue weighted by Gasteiger charge is -2.27. The van der Waals surface area contributed by atoms with E-state index in [9.17, 15) is 4.79 Å². The Labute approximate surface area is 201 Å². The maximum Gasteiger partial charge on any atom is 0.323 e. The van der Waals surface area contributed by atoms with E-state index in [1.54, 1.807) is 6.34 Å². The molecule has 0 spiro atoms. The standard InChI is InChI=1S/C28H31N3O3/c1-20-15-23(13-14-26(20)34-18-22-11-7-4-8-12-22)24-17-27(30-19-29-24)31-25(28(32)33-2)16-21-9-5-3-6-10-21/h3-15,19-20,25-27,31H,16-18H2,1-2H3/t20?,25-,26?,27?/m1/s1. The number of methoxy groups -OCH3 is 1. The molecule has 1 aliphatic carbocycles. The van der Waals surface area contributed by atoms with Crippen LogP contribution in [0.3, 0.4) is 0 Å². The molecule has 1 aliphatic heterocycles. The smallest absolute Gasteiger partial charge is 0.323 e. The number of nitrogens with one attached hydrogen (secondary N) is 1. The predicted octanol–water partition coefficient (Wildman–Crippen LogP) is 4.28. The quantitative estimate of drug-likeness (QED) is 0.571. The van der Waals surface area contributed by atoms with E-state index >= 15 is 0 Å². The van der Waals surface area contributed by atoms with Crippen molar-refractivity contribution in [1.82, 2.24) is 5.32 Å². The fourth-order valence-corrected chi connectivity index (χ4v) is 4.17. The molecule has 1 heterocycles. The first-order chi connectivity index (χ1) is 16.6. The molecule has 2 aromatic carbocycles. The summed E-state index contributed by atoms with van der Waals surface area (Å²) in [5, 5.41) is 3.35. The van der Waals surface area contributed by atoms with E-state index in [4.69, 9.17) is 9.47 Å². The van der Waals surface area contributed by atoms with Crippen molar-refractivity contribution in [1.29, 1.82) is 0 Å². The first kappa shape index (κ1) is 23.8. The van der Waals surface area contributed by atoms with E-state index in [2.05, 4.69) is 52.6 Å². The molecule has 0 fully saturated rings. The van der Waals surface area contributed by atoms with Crippen LogP contribution in [0.2, 0.25) is 0 Å². The van der Waals surface area contributed by atoms with Crippen molar-refractivity contribution >= 4 is 18.0 Å². The van der Waals surface area contributed by atoms with E-state index < -0.39 is 6.04 Å². The number of allylic oxidation sites excluding steroid dienone is 2. The second kappa shape index (κ2) is 11.7. The molecule has 0 saturated heterocycles. The number of aliphatic imine (C=N–C) groups is 2. The normalized spacial score (nSPS) is 22.6. The summed E-state index contributed by atoms with van der Waals surface area (Å²) in [6, 6.07) is 19.6. The average Bonchev–Trinajstić information content (AvgIpc) is 2.88. The summed E-state index contributed by atoms with van der Waals surface area (Å²) in [7, 11) is 1.41. The fourth-order valence-electron chi connectivity index (χ4n) is 4.17. The number of hydrogen-bond donors (Lipinski definition) is 1. The van der Waals surface area contributed by atoms with Crippen molar-refractivity contribution in [3.05, 3.63) is 95.6 Å². The van der Waals surface area contributed by atoms with E-state index in [0.717, 1.165) is 22.4 Å². The monoisotopic (exact) mass is 457 g/mol. The summed E-state index contributed by atoms with van der Waals surface area (Å²) in [5.41, 5.74) is 4.24. The molecule has 4 atom stereocenters. The van der Waals surface area contributed by atoms with E-state index in [1.807, 2.05) is 48.5 Å². The molecule has 3 unspecified atom stereocenters. The van der Waals surface area contributed by atoms with Gasteiger partial charge in [-0.3, -0.25) is 15.1 Å². The maximum atomic E-state index is 12.4. The van der Waals surface area contributed by atoms with Crippen molar-refractivity contribution in [2.75, 3.05) is 7.11 Å². The zero-order chi connectivity index (χ0) is 23.8. The highest BCUT2D eigenvalue weighted by molar-refractivity contribution is 6.07. The van der Waals surface area contributed by atoms with Gasteiger partial charge in [0, 0.05) is 12.3 Å². The Hall–Kier alpha value is -3.35. The number of benzene rings is 2. The van der Waals surface area contributed by atoms with Crippen LogP contribution in [-0.4, -0.2) is 43.4 Å². The molecule has 176 valence electrons. The van der Waals surface area contributed by atoms with Crippen LogP contribution in [-0.2, 0) is 27.3 Å². The molecule has 6 nitrogen and oxygen atoms in total. The van der Waals surface area contributed by atoms with Crippen LogP contribution in [0.1, 0.15) is 24.5 Å². The minimum absolute atomic E-state index is 0.0188. The van der Waals surface area contributed by atoms with Crippen LogP contribution in [0.4, 0.5) is 0 Å². The van der Waals surface area contributed by atoms with Crippen molar-refractivity contribution in [2.24, 2.45) is 15.9 Å². The first-order valence-electron chi connectivity index (χ1n) is 11.6. The average molecular weight is 458 g/mol. The van der Waals surface area contributed by atoms with E-state index in [0.29, 0.717) is 19.4 Å². The molecule has 0 saturated carbocycles. The second-order valence-electron chi connectivity index (χ2n) is 8.59. The van der Waals surface area contributed by atoms with Crippen LogP contribution in [0, 0.1) is 5.92 Å². The lowest BCUT2D eigenvalue weighted by Crippen LogP contribution is -2.46. The number of hydrogen-bond acceptors (Lipinski definition) is 6. The SMILES string of the molecule is COC(=O)[C@@H](Cc1ccccc1)NC1CC(C2=CC(C)C(OCc3ccccc3)C=C2)=NC=N1. The molecule has 2 aromatic rings. The van der Waals surface area contributed by atoms with Gasteiger partial charge in [0.15, 0.2) is 0 Å². The summed E-state index contributed by atoms with van der Waals surface area (Å²) in [6.45, 7) is 2.73. The van der Waals surface area contributed by atoms with Crippen LogP contribution in [0.25, 0.3) is 0 Å². The molecule has 0 bridgehead atoms. The van der Waals surface area contributed by atoms with Crippen LogP contribution < -0.4 is 5.32 Å². The van der Waals surface area contributed by atoms with Crippen LogP contribution in [0.5, 0.6) is 0 Å². The third-order valence-corrected chi connectivity index (χ3v) is 6.05. The fraction of sp³-hybridized carbons (Fsp3) is 0.321. The third kappa shape index (κ3) is 6.37. The number of rotatable bonds is 9. The van der Waals surface area contributed by atoms with Crippen molar-refractivity contribution in [3.63, 3.8) is 0 Å². The molecule has 0 amide bonds. The number of carbonyl (C=O) groups excluding carboxylic acids is 1. The summed E-state index contributed by atoms with van der Waals surface area (Å²) < 4.78 is 11.2. The van der Waals surface area contributed by atoms with Gasteiger partial charge in [-0.2, -0.15) is 0 Å². The Morgan fingerprint density at radius 3 is 2.47 bits per heavy atom. The van der Waals surface area contributed by atoms with Crippen molar-refractivity contribution < 1.29 is 14.3 Å². The molecule has 0 aromatic heterocycles. The van der Waals surface area contributed by atoms with Crippen molar-refractivity contribution in [3.8, 4) is 0 Å². The van der Waals surface area contributed by atoms with Gasteiger partial charge in [0.05, 0.1) is 25.5 Å². The maximum absolute atomic E-state index is 12.4. The summed E-state index contributed by atoms with van der Waals surface area (Å²) in [4.78, 5) is 21.4. The van der Waals surface area contributed by atoms with Gasteiger partial charge in [0.2, 0.25) is 0 Å². The van der Waals surface area contributed by atoms with Gasteiger partial charge in [-0.1, -0.05) is 85.8 Å². The highest BCUT2D eigenvalue weighted by Crippen LogP contribution is 2.24. The predicted molar refractivity (Wildman–Crippen MR) is 135 cm³/mol. The minimum Gasteiger partial charge on any atom is -0.468 e. The number of nitrogens with zero attached hydrogens (tertiary/aromatic N) is 2. The summed E-state index contributed by atoms with van der Waals surface area (Å²) >= 11 is 0. The molecule has 34 heavy (non-hydrogen) atoms. The largest absolute Gasteiger partial charge is 0.468 e. The molecular weight excluding hydrogens is 426 g/mol. The molecule has 4 rings (SSSR count). The van der Waals surface area contributed by atoms with E-state index in [-0.39, 0.29) is 24.2 Å². The Morgan fingerprint density at radius 2 is 1.79 bits per heavy atom. The first-order valence-corrected chi connectivity index (χ1v) is 11.6. The summed E-state index contributed by atoms with van der Waals surface area (Å²) in [6.07, 6.45) is 8.85. The highest BCUT2D eigenvalue weighted by Gasteiger charge is 2.27. The Morgan fingerprint density at radius 1 is 1.09 bits per heavy atom. The Kier molecular flexibility index (Phi) is 8.17. The zero-order valence-corrected chi connectivity index (χ0v) is 19.6. The lowest BCUT2D eigenvalue weighted by molar-refractivity contribution is -0.143. The van der Waals surface area contributed by atoms with Crippen LogP contribution in [0.15, 0.2) is 94.4 Å². The van der Waals surface area contributed by atoms with Gasteiger partial charge in [-0.15, -0.1) is 0 Å². The van der Waals surface area contributed by atoms with Crippen molar-refractivity contribution in [2.45, 2.75) is 44.7 Å². The van der Waals surface area contributed by atoms with Crippen LogP contribution >= 0.6 is 0 Å². The lowest BCUT2D eigenvalue weighted by atomic mass is 9.91. The second-order valence-corrected chi connectivity index (χ2v) is 8.59. The Bertz CT molecular complexity index is 1080. The highest BCUT2D eigenvalue weighted by atomic mass is 16.5. The minimum atomic E-state index is -0.487. The molecule has 0 radical (unpaired) electrons. The van der Waals surface area contributed by atoms with Gasteiger partial charge in [0.1, 0.15) is 18.5 Å². The van der Waals surface area contributed by atoms with Gasteiger partial charge in [-0.25, -0.2) is 4.99 Å². The number of carbonyl (C=O) groups is 1. The molecular formula is C28H31N3O3. The topological polar surface area (TPSA) is 72.3 Å². The number of esters is 1. The third-order valence-electron chi connectivity index (χ3n) is 6.05. The molecule has 1 N–H and O–H groups in total.